The summed E-state index contributed by atoms with van der Waals surface area (Å²) in [5.41, 5.74) is 5.32. The zero-order valence-electron chi connectivity index (χ0n) is 33.2. The molecule has 0 spiro atoms. The van der Waals surface area contributed by atoms with Gasteiger partial charge in [0.25, 0.3) is 0 Å². The van der Waals surface area contributed by atoms with Crippen LogP contribution in [0.1, 0.15) is 123 Å². The molecule has 55 heavy (non-hydrogen) atoms. The van der Waals surface area contributed by atoms with Crippen molar-refractivity contribution < 1.29 is 47.5 Å². The molecule has 0 radical (unpaired) electrons. The SMILES string of the molecule is CC/C=C/C=C/C=C/CCCCCCCC(=O)OC(COC(=O)CCCCCCC/C=C/C=C/C=C/C=C/C=C/CCC)COP(=O)(O)OC[C@@H](N)C(=O)O. The topological polar surface area (TPSA) is 172 Å². The molecule has 0 saturated carbocycles. The summed E-state index contributed by atoms with van der Waals surface area (Å²) in [6, 6.07) is -1.53. The lowest BCUT2D eigenvalue weighted by Crippen LogP contribution is -2.34. The zero-order chi connectivity index (χ0) is 40.7. The number of phosphoric ester groups is 1. The van der Waals surface area contributed by atoms with E-state index in [4.69, 9.17) is 24.8 Å². The summed E-state index contributed by atoms with van der Waals surface area (Å²) in [4.78, 5) is 45.8. The largest absolute Gasteiger partial charge is 0.480 e. The lowest BCUT2D eigenvalue weighted by molar-refractivity contribution is -0.161. The average molecular weight is 790 g/mol. The number of esters is 2. The molecule has 0 bridgehead atoms. The first-order valence-electron chi connectivity index (χ1n) is 19.9. The van der Waals surface area contributed by atoms with E-state index in [1.807, 2.05) is 66.8 Å². The molecular formula is C43H68NO10P. The summed E-state index contributed by atoms with van der Waals surface area (Å²) in [6.07, 6.45) is 46.1. The van der Waals surface area contributed by atoms with Crippen molar-refractivity contribution in [1.82, 2.24) is 0 Å². The third-order valence-corrected chi connectivity index (χ3v) is 8.69. The van der Waals surface area contributed by atoms with Crippen molar-refractivity contribution in [3.05, 3.63) is 97.2 Å². The average Bonchev–Trinajstić information content (AvgIpc) is 3.16. The van der Waals surface area contributed by atoms with Crippen LogP contribution >= 0.6 is 7.82 Å². The number of allylic oxidation sites excluding steroid dienone is 16. The number of carbonyl (C=O) groups excluding carboxylic acids is 2. The third kappa shape index (κ3) is 37.1. The van der Waals surface area contributed by atoms with Gasteiger partial charge in [0.2, 0.25) is 0 Å². The molecule has 0 saturated heterocycles. The molecule has 0 aromatic rings. The van der Waals surface area contributed by atoms with Gasteiger partial charge in [-0.25, -0.2) is 4.57 Å². The van der Waals surface area contributed by atoms with Crippen molar-refractivity contribution in [3.8, 4) is 0 Å². The van der Waals surface area contributed by atoms with E-state index in [2.05, 4.69) is 48.8 Å². The summed E-state index contributed by atoms with van der Waals surface area (Å²) in [6.45, 7) is 2.49. The molecular weight excluding hydrogens is 721 g/mol. The molecule has 3 atom stereocenters. The van der Waals surface area contributed by atoms with Crippen LogP contribution in [0.25, 0.3) is 0 Å². The fourth-order valence-corrected chi connectivity index (χ4v) is 5.40. The summed E-state index contributed by atoms with van der Waals surface area (Å²) in [7, 11) is -4.73. The van der Waals surface area contributed by atoms with Crippen LogP contribution in [0.4, 0.5) is 0 Å². The number of rotatable bonds is 35. The minimum atomic E-state index is -4.73. The predicted octanol–water partition coefficient (Wildman–Crippen LogP) is 10.1. The van der Waals surface area contributed by atoms with Crippen molar-refractivity contribution >= 4 is 25.7 Å². The fourth-order valence-electron chi connectivity index (χ4n) is 4.62. The van der Waals surface area contributed by atoms with E-state index in [1.165, 1.54) is 0 Å². The molecule has 0 heterocycles. The van der Waals surface area contributed by atoms with Crippen molar-refractivity contribution in [2.45, 2.75) is 135 Å². The van der Waals surface area contributed by atoms with Crippen LogP contribution in [0.2, 0.25) is 0 Å². The van der Waals surface area contributed by atoms with Crippen LogP contribution in [0, 0.1) is 0 Å². The van der Waals surface area contributed by atoms with E-state index in [-0.39, 0.29) is 19.4 Å². The minimum absolute atomic E-state index is 0.125. The van der Waals surface area contributed by atoms with Crippen molar-refractivity contribution in [3.63, 3.8) is 0 Å². The maximum absolute atomic E-state index is 12.6. The zero-order valence-corrected chi connectivity index (χ0v) is 34.1. The number of hydrogen-bond acceptors (Lipinski definition) is 9. The van der Waals surface area contributed by atoms with Gasteiger partial charge in [0.15, 0.2) is 6.10 Å². The van der Waals surface area contributed by atoms with Gasteiger partial charge in [0, 0.05) is 12.8 Å². The quantitative estimate of drug-likeness (QED) is 0.0241. The summed E-state index contributed by atoms with van der Waals surface area (Å²) in [5.74, 6) is -2.46. The summed E-state index contributed by atoms with van der Waals surface area (Å²) >= 11 is 0. The Morgan fingerprint density at radius 3 is 1.53 bits per heavy atom. The van der Waals surface area contributed by atoms with Gasteiger partial charge in [-0.1, -0.05) is 156 Å². The van der Waals surface area contributed by atoms with Gasteiger partial charge in [-0.2, -0.15) is 0 Å². The number of carboxylic acid groups (broad SMARTS) is 1. The maximum atomic E-state index is 12.6. The van der Waals surface area contributed by atoms with Crippen LogP contribution in [0.5, 0.6) is 0 Å². The minimum Gasteiger partial charge on any atom is -0.480 e. The highest BCUT2D eigenvalue weighted by Crippen LogP contribution is 2.43. The predicted molar refractivity (Wildman–Crippen MR) is 221 cm³/mol. The van der Waals surface area contributed by atoms with Crippen molar-refractivity contribution in [2.24, 2.45) is 5.73 Å². The van der Waals surface area contributed by atoms with E-state index in [9.17, 15) is 23.8 Å². The number of aliphatic carboxylic acids is 1. The Morgan fingerprint density at radius 2 is 1.02 bits per heavy atom. The molecule has 0 rings (SSSR count). The highest BCUT2D eigenvalue weighted by molar-refractivity contribution is 7.47. The van der Waals surface area contributed by atoms with Gasteiger partial charge in [0.1, 0.15) is 12.6 Å². The maximum Gasteiger partial charge on any atom is 0.472 e. The van der Waals surface area contributed by atoms with E-state index < -0.39 is 51.1 Å². The number of carbonyl (C=O) groups is 3. The molecule has 11 nitrogen and oxygen atoms in total. The Morgan fingerprint density at radius 1 is 0.582 bits per heavy atom. The molecule has 4 N–H and O–H groups in total. The van der Waals surface area contributed by atoms with Crippen LogP contribution in [0.3, 0.4) is 0 Å². The monoisotopic (exact) mass is 789 g/mol. The standard InChI is InChI=1S/C43H68NO10P/c1-3-5-7-9-11-13-15-17-18-19-20-21-23-24-26-28-30-32-34-41(45)51-36-39(37-52-55(49,50)53-38-40(44)43(47)48)54-42(46)35-33-31-29-27-25-22-16-14-12-10-8-6-4-2/h6-21,39-40H,3-5,22-38,44H2,1-2H3,(H,47,48)(H,49,50)/b8-6+,9-7+,12-10+,13-11+,16-14+,17-15+,19-18+,21-20+/t39?,40-/m1/s1. The van der Waals surface area contributed by atoms with E-state index in [0.717, 1.165) is 83.5 Å². The Bertz CT molecular complexity index is 1300. The van der Waals surface area contributed by atoms with Gasteiger partial charge in [-0.15, -0.1) is 0 Å². The van der Waals surface area contributed by atoms with Gasteiger partial charge < -0.3 is 25.2 Å². The van der Waals surface area contributed by atoms with Gasteiger partial charge in [-0.05, 0) is 51.4 Å². The number of ether oxygens (including phenoxy) is 2. The highest BCUT2D eigenvalue weighted by atomic mass is 31.2. The second kappa shape index (κ2) is 37.3. The Labute approximate surface area is 330 Å². The van der Waals surface area contributed by atoms with Gasteiger partial charge in [0.05, 0.1) is 13.2 Å². The number of unbranched alkanes of at least 4 members (excludes halogenated alkanes) is 11. The van der Waals surface area contributed by atoms with Crippen LogP contribution in [-0.2, 0) is 37.5 Å². The molecule has 2 unspecified atom stereocenters. The second-order valence-corrected chi connectivity index (χ2v) is 14.3. The summed E-state index contributed by atoms with van der Waals surface area (Å²) in [5, 5.41) is 8.87. The number of phosphoric acid groups is 1. The molecule has 0 aliphatic carbocycles. The molecule has 0 aliphatic rings. The molecule has 0 aliphatic heterocycles. The lowest BCUT2D eigenvalue weighted by atomic mass is 10.1. The van der Waals surface area contributed by atoms with Crippen molar-refractivity contribution in [2.75, 3.05) is 19.8 Å². The Balaban J connectivity index is 4.51. The second-order valence-electron chi connectivity index (χ2n) is 12.9. The van der Waals surface area contributed by atoms with Gasteiger partial charge in [-0.3, -0.25) is 23.4 Å². The fraction of sp³-hybridized carbons (Fsp3) is 0.558. The lowest BCUT2D eigenvalue weighted by Gasteiger charge is -2.20. The van der Waals surface area contributed by atoms with Crippen molar-refractivity contribution in [1.29, 1.82) is 0 Å². The van der Waals surface area contributed by atoms with E-state index in [0.29, 0.717) is 12.8 Å². The van der Waals surface area contributed by atoms with Crippen LogP contribution < -0.4 is 5.73 Å². The van der Waals surface area contributed by atoms with E-state index >= 15 is 0 Å². The third-order valence-electron chi connectivity index (χ3n) is 7.74. The molecule has 310 valence electrons. The first-order valence-corrected chi connectivity index (χ1v) is 21.4. The van der Waals surface area contributed by atoms with Crippen LogP contribution in [0.15, 0.2) is 97.2 Å². The summed E-state index contributed by atoms with van der Waals surface area (Å²) < 4.78 is 32.6. The molecule has 0 aromatic heterocycles. The van der Waals surface area contributed by atoms with Crippen LogP contribution in [-0.4, -0.2) is 59.9 Å². The number of carboxylic acids is 1. The first-order chi connectivity index (χ1) is 26.6. The van der Waals surface area contributed by atoms with Gasteiger partial charge >= 0.3 is 25.7 Å². The number of nitrogens with two attached hydrogens (primary N) is 1. The van der Waals surface area contributed by atoms with E-state index in [1.54, 1.807) is 0 Å². The Hall–Kier alpha value is -3.60. The number of hydrogen-bond donors (Lipinski definition) is 3. The molecule has 0 aromatic carbocycles. The first kappa shape index (κ1) is 51.4. The molecule has 0 fully saturated rings. The highest BCUT2D eigenvalue weighted by Gasteiger charge is 2.28. The molecule has 12 heteroatoms. The normalized spacial score (nSPS) is 14.8. The Kier molecular flexibility index (Phi) is 34.9. The smallest absolute Gasteiger partial charge is 0.472 e. The molecule has 0 amide bonds.